The molecule has 0 saturated heterocycles. The van der Waals surface area contributed by atoms with Crippen molar-refractivity contribution in [2.45, 2.75) is 0 Å². The predicted octanol–water partition coefficient (Wildman–Crippen LogP) is 3.82. The second-order valence-corrected chi connectivity index (χ2v) is 6.03. The Bertz CT molecular complexity index is 598. The molecule has 0 aliphatic carbocycles. The molecule has 0 atom stereocenters. The van der Waals surface area contributed by atoms with Crippen LogP contribution in [0, 0.1) is 7.14 Å². The highest BCUT2D eigenvalue weighted by atomic mass is 127. The van der Waals surface area contributed by atoms with Gasteiger partial charge >= 0.3 is 11.9 Å². The zero-order valence-corrected chi connectivity index (χ0v) is 14.3. The fraction of sp³-hybridized carbons (Fsp3) is 0. The van der Waals surface area contributed by atoms with Gasteiger partial charge in [-0.1, -0.05) is 24.3 Å². The highest BCUT2D eigenvalue weighted by Crippen LogP contribution is 2.15. The Labute approximate surface area is 142 Å². The Morgan fingerprint density at radius 1 is 0.700 bits per heavy atom. The molecule has 0 aromatic heterocycles. The first-order valence-electron chi connectivity index (χ1n) is 5.52. The maximum absolute atomic E-state index is 11.8. The van der Waals surface area contributed by atoms with Crippen LogP contribution in [0.3, 0.4) is 0 Å². The van der Waals surface area contributed by atoms with E-state index in [2.05, 4.69) is 9.78 Å². The predicted molar refractivity (Wildman–Crippen MR) is 89.1 cm³/mol. The molecular formula is C14H8I2O4. The van der Waals surface area contributed by atoms with Crippen molar-refractivity contribution in [1.29, 1.82) is 0 Å². The summed E-state index contributed by atoms with van der Waals surface area (Å²) in [5.41, 5.74) is 0.701. The van der Waals surface area contributed by atoms with Gasteiger partial charge in [0.15, 0.2) is 0 Å². The number of benzene rings is 2. The van der Waals surface area contributed by atoms with E-state index in [4.69, 9.17) is 0 Å². The van der Waals surface area contributed by atoms with Crippen LogP contribution >= 0.6 is 45.2 Å². The molecule has 0 aliphatic rings. The molecule has 0 spiro atoms. The molecular weight excluding hydrogens is 486 g/mol. The second kappa shape index (κ2) is 7.02. The van der Waals surface area contributed by atoms with E-state index in [1.54, 1.807) is 48.5 Å². The van der Waals surface area contributed by atoms with Gasteiger partial charge in [0.1, 0.15) is 0 Å². The monoisotopic (exact) mass is 494 g/mol. The Morgan fingerprint density at radius 3 is 1.40 bits per heavy atom. The van der Waals surface area contributed by atoms with Crippen LogP contribution in [0.4, 0.5) is 0 Å². The summed E-state index contributed by atoms with van der Waals surface area (Å²) in [5, 5.41) is 0. The molecule has 0 heterocycles. The molecule has 0 saturated carbocycles. The second-order valence-electron chi connectivity index (χ2n) is 3.70. The van der Waals surface area contributed by atoms with E-state index in [0.29, 0.717) is 11.1 Å². The fourth-order valence-corrected chi connectivity index (χ4v) is 2.63. The number of rotatable bonds is 2. The summed E-state index contributed by atoms with van der Waals surface area (Å²) in [6.45, 7) is 0. The molecule has 0 bridgehead atoms. The third kappa shape index (κ3) is 3.69. The van der Waals surface area contributed by atoms with Crippen LogP contribution in [-0.4, -0.2) is 11.9 Å². The van der Waals surface area contributed by atoms with Gasteiger partial charge in [0, 0.05) is 7.14 Å². The first-order chi connectivity index (χ1) is 9.59. The number of hydrogen-bond acceptors (Lipinski definition) is 4. The number of halogens is 2. The molecule has 2 aromatic carbocycles. The highest BCUT2D eigenvalue weighted by molar-refractivity contribution is 14.1. The summed E-state index contributed by atoms with van der Waals surface area (Å²) >= 11 is 4.01. The molecule has 102 valence electrons. The smallest absolute Gasteiger partial charge is 0.241 e. The molecule has 6 heteroatoms. The van der Waals surface area contributed by atoms with Crippen molar-refractivity contribution in [2.75, 3.05) is 0 Å². The molecule has 0 N–H and O–H groups in total. The van der Waals surface area contributed by atoms with Gasteiger partial charge in [0.05, 0.1) is 11.1 Å². The summed E-state index contributed by atoms with van der Waals surface area (Å²) in [6, 6.07) is 13.8. The Kier molecular flexibility index (Phi) is 5.35. The van der Waals surface area contributed by atoms with Crippen LogP contribution in [0.1, 0.15) is 20.7 Å². The van der Waals surface area contributed by atoms with Crippen LogP contribution in [0.5, 0.6) is 0 Å². The third-order valence-corrected chi connectivity index (χ3v) is 4.26. The van der Waals surface area contributed by atoms with E-state index < -0.39 is 11.9 Å². The lowest BCUT2D eigenvalue weighted by atomic mass is 10.2. The molecule has 2 rings (SSSR count). The summed E-state index contributed by atoms with van der Waals surface area (Å²) in [4.78, 5) is 32.7. The average Bonchev–Trinajstić information content (AvgIpc) is 2.45. The van der Waals surface area contributed by atoms with Crippen LogP contribution < -0.4 is 0 Å². The van der Waals surface area contributed by atoms with E-state index >= 15 is 0 Å². The fourth-order valence-electron chi connectivity index (χ4n) is 1.42. The first-order valence-corrected chi connectivity index (χ1v) is 7.67. The van der Waals surface area contributed by atoms with Gasteiger partial charge in [0.25, 0.3) is 0 Å². The van der Waals surface area contributed by atoms with Crippen molar-refractivity contribution in [3.8, 4) is 0 Å². The van der Waals surface area contributed by atoms with E-state index in [-0.39, 0.29) is 0 Å². The Hall–Kier alpha value is -1.16. The summed E-state index contributed by atoms with van der Waals surface area (Å²) < 4.78 is 1.45. The average molecular weight is 494 g/mol. The van der Waals surface area contributed by atoms with Crippen molar-refractivity contribution in [2.24, 2.45) is 0 Å². The quantitative estimate of drug-likeness (QED) is 0.362. The lowest BCUT2D eigenvalue weighted by Crippen LogP contribution is -2.13. The van der Waals surface area contributed by atoms with Crippen molar-refractivity contribution in [1.82, 2.24) is 0 Å². The zero-order chi connectivity index (χ0) is 14.5. The van der Waals surface area contributed by atoms with E-state index in [0.717, 1.165) is 7.14 Å². The Morgan fingerprint density at radius 2 is 1.05 bits per heavy atom. The van der Waals surface area contributed by atoms with Gasteiger partial charge in [-0.15, -0.1) is 0 Å². The minimum absolute atomic E-state index is 0.351. The van der Waals surface area contributed by atoms with Crippen LogP contribution in [0.15, 0.2) is 48.5 Å². The topological polar surface area (TPSA) is 52.6 Å². The number of carbonyl (C=O) groups excluding carboxylic acids is 2. The Balaban J connectivity index is 2.03. The van der Waals surface area contributed by atoms with Gasteiger partial charge < -0.3 is 0 Å². The van der Waals surface area contributed by atoms with E-state index in [1.165, 1.54) is 0 Å². The van der Waals surface area contributed by atoms with Gasteiger partial charge in [0.2, 0.25) is 0 Å². The molecule has 0 amide bonds. The molecule has 0 unspecified atom stereocenters. The van der Waals surface area contributed by atoms with Crippen molar-refractivity contribution in [3.05, 3.63) is 66.8 Å². The van der Waals surface area contributed by atoms with Crippen molar-refractivity contribution >= 4 is 57.1 Å². The summed E-state index contributed by atoms with van der Waals surface area (Å²) in [7, 11) is 0. The minimum Gasteiger partial charge on any atom is -0.241 e. The standard InChI is InChI=1S/C14H8I2O4/c15-11-7-3-1-5-9(11)13(17)19-20-14(18)10-6-2-4-8-12(10)16/h1-8H. The zero-order valence-electron chi connectivity index (χ0n) is 10.0. The lowest BCUT2D eigenvalue weighted by Gasteiger charge is -2.05. The van der Waals surface area contributed by atoms with Gasteiger partial charge in [-0.05, 0) is 69.4 Å². The van der Waals surface area contributed by atoms with E-state index in [9.17, 15) is 9.59 Å². The van der Waals surface area contributed by atoms with Crippen LogP contribution in [0.25, 0.3) is 0 Å². The first kappa shape index (κ1) is 15.2. The van der Waals surface area contributed by atoms with Gasteiger partial charge in [-0.2, -0.15) is 0 Å². The SMILES string of the molecule is O=C(OOC(=O)c1ccccc1I)c1ccccc1I. The number of hydrogen-bond donors (Lipinski definition) is 0. The van der Waals surface area contributed by atoms with Crippen LogP contribution in [-0.2, 0) is 9.78 Å². The van der Waals surface area contributed by atoms with Crippen LogP contribution in [0.2, 0.25) is 0 Å². The van der Waals surface area contributed by atoms with Gasteiger partial charge in [-0.3, -0.25) is 0 Å². The van der Waals surface area contributed by atoms with E-state index in [1.807, 2.05) is 45.2 Å². The summed E-state index contributed by atoms with van der Waals surface area (Å²) in [6.07, 6.45) is 0. The maximum Gasteiger partial charge on any atom is 0.387 e. The minimum atomic E-state index is -0.700. The molecule has 0 fully saturated rings. The molecule has 0 aliphatic heterocycles. The van der Waals surface area contributed by atoms with Crippen molar-refractivity contribution in [3.63, 3.8) is 0 Å². The normalized spacial score (nSPS) is 9.90. The molecule has 20 heavy (non-hydrogen) atoms. The number of carbonyl (C=O) groups is 2. The summed E-state index contributed by atoms with van der Waals surface area (Å²) in [5.74, 6) is -1.40. The molecule has 4 nitrogen and oxygen atoms in total. The maximum atomic E-state index is 11.8. The lowest BCUT2D eigenvalue weighted by molar-refractivity contribution is -0.187. The van der Waals surface area contributed by atoms with Gasteiger partial charge in [-0.25, -0.2) is 19.4 Å². The molecule has 0 radical (unpaired) electrons. The largest absolute Gasteiger partial charge is 0.387 e. The highest BCUT2D eigenvalue weighted by Gasteiger charge is 2.17. The third-order valence-electron chi connectivity index (χ3n) is 2.38. The van der Waals surface area contributed by atoms with Crippen molar-refractivity contribution < 1.29 is 19.4 Å². The molecule has 2 aromatic rings.